The fourth-order valence-corrected chi connectivity index (χ4v) is 5.14. The second-order valence-electron chi connectivity index (χ2n) is 8.21. The standard InChI is InChI=1S/C21H31N3O/c1-22-12-13-23-14-15-24(17-19(23)16-22)20(25)21(10-6-3-7-11-21)18-8-4-2-5-9-18/h2,4-5,8-9,19H,3,6-7,10-17H2,1H3/t19-/m1/s1. The lowest BCUT2D eigenvalue weighted by atomic mass is 9.68. The average molecular weight is 341 g/mol. The summed E-state index contributed by atoms with van der Waals surface area (Å²) in [6, 6.07) is 11.1. The van der Waals surface area contributed by atoms with Crippen molar-refractivity contribution in [3.63, 3.8) is 0 Å². The van der Waals surface area contributed by atoms with Crippen molar-refractivity contribution in [1.82, 2.24) is 14.7 Å². The number of nitrogens with zero attached hydrogens (tertiary/aromatic N) is 3. The summed E-state index contributed by atoms with van der Waals surface area (Å²) in [6.45, 7) is 6.22. The van der Waals surface area contributed by atoms with Gasteiger partial charge in [-0.2, -0.15) is 0 Å². The van der Waals surface area contributed by atoms with Crippen molar-refractivity contribution >= 4 is 5.91 Å². The van der Waals surface area contributed by atoms with Crippen LogP contribution in [0.5, 0.6) is 0 Å². The van der Waals surface area contributed by atoms with E-state index in [1.807, 2.05) is 0 Å². The third kappa shape index (κ3) is 3.22. The fraction of sp³-hybridized carbons (Fsp3) is 0.667. The topological polar surface area (TPSA) is 26.8 Å². The molecule has 2 aliphatic heterocycles. The second kappa shape index (κ2) is 7.08. The van der Waals surface area contributed by atoms with Gasteiger partial charge in [-0.05, 0) is 25.5 Å². The van der Waals surface area contributed by atoms with Gasteiger partial charge in [0.2, 0.25) is 5.91 Å². The summed E-state index contributed by atoms with van der Waals surface area (Å²) in [7, 11) is 2.20. The zero-order valence-electron chi connectivity index (χ0n) is 15.5. The zero-order valence-corrected chi connectivity index (χ0v) is 15.5. The second-order valence-corrected chi connectivity index (χ2v) is 8.21. The van der Waals surface area contributed by atoms with Crippen molar-refractivity contribution in [1.29, 1.82) is 0 Å². The first kappa shape index (κ1) is 17.0. The molecule has 3 aliphatic rings. The summed E-state index contributed by atoms with van der Waals surface area (Å²) in [5.41, 5.74) is 0.963. The van der Waals surface area contributed by atoms with Crippen LogP contribution in [0, 0.1) is 0 Å². The number of fused-ring (bicyclic) bond motifs is 1. The quantitative estimate of drug-likeness (QED) is 0.826. The van der Waals surface area contributed by atoms with E-state index < -0.39 is 0 Å². The summed E-state index contributed by atoms with van der Waals surface area (Å²) in [5, 5.41) is 0. The van der Waals surface area contributed by atoms with Crippen LogP contribution in [0.1, 0.15) is 37.7 Å². The Morgan fingerprint density at radius 2 is 1.68 bits per heavy atom. The Balaban J connectivity index is 1.57. The highest BCUT2D eigenvalue weighted by atomic mass is 16.2. The first-order valence-corrected chi connectivity index (χ1v) is 9.96. The molecule has 0 N–H and O–H groups in total. The minimum absolute atomic E-state index is 0.276. The molecule has 0 unspecified atom stereocenters. The van der Waals surface area contributed by atoms with E-state index in [9.17, 15) is 4.79 Å². The molecular weight excluding hydrogens is 310 g/mol. The molecule has 1 aromatic rings. The van der Waals surface area contributed by atoms with Gasteiger partial charge in [-0.25, -0.2) is 0 Å². The van der Waals surface area contributed by atoms with Gasteiger partial charge in [0.15, 0.2) is 0 Å². The molecule has 4 nitrogen and oxygen atoms in total. The Hall–Kier alpha value is -1.39. The summed E-state index contributed by atoms with van der Waals surface area (Å²) in [5.74, 6) is 0.395. The molecule has 2 heterocycles. The van der Waals surface area contributed by atoms with Crippen molar-refractivity contribution in [2.75, 3.05) is 46.3 Å². The highest BCUT2D eigenvalue weighted by Gasteiger charge is 2.45. The van der Waals surface area contributed by atoms with Gasteiger partial charge >= 0.3 is 0 Å². The maximum atomic E-state index is 13.7. The molecule has 1 aromatic carbocycles. The molecule has 4 heteroatoms. The number of hydrogen-bond acceptors (Lipinski definition) is 3. The number of likely N-dealkylation sites (N-methyl/N-ethyl adjacent to an activating group) is 1. The molecular formula is C21H31N3O. The molecule has 3 fully saturated rings. The highest BCUT2D eigenvalue weighted by Crippen LogP contribution is 2.41. The van der Waals surface area contributed by atoms with E-state index in [1.165, 1.54) is 24.8 Å². The van der Waals surface area contributed by atoms with Crippen molar-refractivity contribution in [3.05, 3.63) is 35.9 Å². The molecule has 25 heavy (non-hydrogen) atoms. The lowest BCUT2D eigenvalue weighted by Crippen LogP contribution is -2.64. The maximum absolute atomic E-state index is 13.7. The molecule has 2 saturated heterocycles. The van der Waals surface area contributed by atoms with Gasteiger partial charge < -0.3 is 9.80 Å². The molecule has 0 aromatic heterocycles. The summed E-state index contributed by atoms with van der Waals surface area (Å²) >= 11 is 0. The number of rotatable bonds is 2. The van der Waals surface area contributed by atoms with Crippen LogP contribution >= 0.6 is 0 Å². The summed E-state index contributed by atoms with van der Waals surface area (Å²) < 4.78 is 0. The van der Waals surface area contributed by atoms with Gasteiger partial charge in [0.05, 0.1) is 5.41 Å². The third-order valence-corrected chi connectivity index (χ3v) is 6.63. The van der Waals surface area contributed by atoms with Crippen LogP contribution in [-0.2, 0) is 10.2 Å². The molecule has 1 atom stereocenters. The molecule has 0 radical (unpaired) electrons. The van der Waals surface area contributed by atoms with E-state index in [1.54, 1.807) is 0 Å². The maximum Gasteiger partial charge on any atom is 0.233 e. The van der Waals surface area contributed by atoms with Crippen LogP contribution in [-0.4, -0.2) is 73.0 Å². The van der Waals surface area contributed by atoms with E-state index in [-0.39, 0.29) is 5.41 Å². The monoisotopic (exact) mass is 341 g/mol. The minimum atomic E-state index is -0.276. The first-order valence-electron chi connectivity index (χ1n) is 9.96. The van der Waals surface area contributed by atoms with Crippen LogP contribution in [0.2, 0.25) is 0 Å². The summed E-state index contributed by atoms with van der Waals surface area (Å²) in [6.07, 6.45) is 5.64. The largest absolute Gasteiger partial charge is 0.339 e. The van der Waals surface area contributed by atoms with Crippen LogP contribution in [0.25, 0.3) is 0 Å². The third-order valence-electron chi connectivity index (χ3n) is 6.63. The average Bonchev–Trinajstić information content (AvgIpc) is 2.68. The van der Waals surface area contributed by atoms with E-state index in [4.69, 9.17) is 0 Å². The molecule has 1 saturated carbocycles. The van der Waals surface area contributed by atoms with E-state index >= 15 is 0 Å². The number of piperazine rings is 2. The molecule has 1 aliphatic carbocycles. The first-order chi connectivity index (χ1) is 12.2. The lowest BCUT2D eigenvalue weighted by molar-refractivity contribution is -0.143. The van der Waals surface area contributed by atoms with Gasteiger partial charge in [0.1, 0.15) is 0 Å². The zero-order chi connectivity index (χ0) is 17.3. The molecule has 4 rings (SSSR count). The molecule has 136 valence electrons. The van der Waals surface area contributed by atoms with Crippen molar-refractivity contribution in [2.45, 2.75) is 43.6 Å². The number of benzene rings is 1. The van der Waals surface area contributed by atoms with Gasteiger partial charge in [0, 0.05) is 45.3 Å². The van der Waals surface area contributed by atoms with Crippen LogP contribution in [0.3, 0.4) is 0 Å². The Labute approximate surface area is 151 Å². The van der Waals surface area contributed by atoms with Gasteiger partial charge in [-0.15, -0.1) is 0 Å². The molecule has 0 bridgehead atoms. The van der Waals surface area contributed by atoms with E-state index in [0.717, 1.165) is 52.1 Å². The molecule has 1 amide bonds. The van der Waals surface area contributed by atoms with Gasteiger partial charge in [-0.3, -0.25) is 9.69 Å². The van der Waals surface area contributed by atoms with E-state index in [2.05, 4.69) is 52.1 Å². The van der Waals surface area contributed by atoms with Gasteiger partial charge in [0.25, 0.3) is 0 Å². The lowest BCUT2D eigenvalue weighted by Gasteiger charge is -2.49. The highest BCUT2D eigenvalue weighted by molar-refractivity contribution is 5.88. The van der Waals surface area contributed by atoms with Crippen molar-refractivity contribution in [2.24, 2.45) is 0 Å². The normalized spacial score (nSPS) is 27.7. The molecule has 0 spiro atoms. The Kier molecular flexibility index (Phi) is 4.83. The fourth-order valence-electron chi connectivity index (χ4n) is 5.14. The minimum Gasteiger partial charge on any atom is -0.339 e. The SMILES string of the molecule is CN1CCN2CCN(C(=O)C3(c4ccccc4)CCCCC3)C[C@H]2C1. The van der Waals surface area contributed by atoms with E-state index in [0.29, 0.717) is 11.9 Å². The Morgan fingerprint density at radius 3 is 2.44 bits per heavy atom. The number of hydrogen-bond donors (Lipinski definition) is 0. The van der Waals surface area contributed by atoms with Crippen molar-refractivity contribution in [3.8, 4) is 0 Å². The smallest absolute Gasteiger partial charge is 0.233 e. The van der Waals surface area contributed by atoms with Crippen LogP contribution in [0.15, 0.2) is 30.3 Å². The van der Waals surface area contributed by atoms with Crippen LogP contribution in [0.4, 0.5) is 0 Å². The number of carbonyl (C=O) groups excluding carboxylic acids is 1. The van der Waals surface area contributed by atoms with Crippen molar-refractivity contribution < 1.29 is 4.79 Å². The predicted molar refractivity (Wildman–Crippen MR) is 101 cm³/mol. The van der Waals surface area contributed by atoms with Crippen LogP contribution < -0.4 is 0 Å². The Morgan fingerprint density at radius 1 is 0.960 bits per heavy atom. The summed E-state index contributed by atoms with van der Waals surface area (Å²) in [4.78, 5) is 20.9. The Bertz CT molecular complexity index is 596. The number of amides is 1. The predicted octanol–water partition coefficient (Wildman–Crippen LogP) is 2.35. The number of carbonyl (C=O) groups is 1. The van der Waals surface area contributed by atoms with Gasteiger partial charge in [-0.1, -0.05) is 49.6 Å².